The fraction of sp³-hybridized carbons (Fsp3) is 0.0667. The van der Waals surface area contributed by atoms with E-state index in [-0.39, 0.29) is 5.69 Å². The predicted molar refractivity (Wildman–Crippen MR) is 93.3 cm³/mol. The zero-order valence-electron chi connectivity index (χ0n) is 12.3. The molecule has 0 atom stereocenters. The van der Waals surface area contributed by atoms with Gasteiger partial charge in [0.15, 0.2) is 5.82 Å². The van der Waals surface area contributed by atoms with Crippen molar-refractivity contribution in [2.75, 3.05) is 5.84 Å². The summed E-state index contributed by atoms with van der Waals surface area (Å²) in [4.78, 5) is 10.4. The first kappa shape index (κ1) is 16.3. The third-order valence-corrected chi connectivity index (χ3v) is 4.61. The number of rotatable bonds is 5. The topological polar surface area (TPSA) is 99.9 Å². The molecule has 3 rings (SSSR count). The molecule has 0 saturated carbocycles. The fourth-order valence-electron chi connectivity index (χ4n) is 2.11. The summed E-state index contributed by atoms with van der Waals surface area (Å²) in [5.41, 5.74) is 1.55. The van der Waals surface area contributed by atoms with Crippen molar-refractivity contribution < 1.29 is 4.92 Å². The molecule has 1 heterocycles. The summed E-state index contributed by atoms with van der Waals surface area (Å²) in [6.45, 7) is 0. The Balaban J connectivity index is 1.79. The van der Waals surface area contributed by atoms with Crippen molar-refractivity contribution in [3.63, 3.8) is 0 Å². The van der Waals surface area contributed by atoms with Gasteiger partial charge in [-0.1, -0.05) is 47.6 Å². The van der Waals surface area contributed by atoms with Gasteiger partial charge in [0.1, 0.15) is 0 Å². The summed E-state index contributed by atoms with van der Waals surface area (Å²) in [5, 5.41) is 20.0. The molecule has 9 heteroatoms. The Morgan fingerprint density at radius 1 is 1.21 bits per heavy atom. The smallest absolute Gasteiger partial charge is 0.269 e. The Labute approximate surface area is 146 Å². The first-order chi connectivity index (χ1) is 11.6. The highest BCUT2D eigenvalue weighted by Crippen LogP contribution is 2.29. The number of thioether (sulfide) groups is 1. The maximum atomic E-state index is 10.8. The van der Waals surface area contributed by atoms with Gasteiger partial charge in [-0.05, 0) is 17.7 Å². The van der Waals surface area contributed by atoms with E-state index in [1.807, 2.05) is 24.3 Å². The second-order valence-corrected chi connectivity index (χ2v) is 6.22. The fourth-order valence-corrected chi connectivity index (χ4v) is 3.13. The maximum Gasteiger partial charge on any atom is 0.269 e. The van der Waals surface area contributed by atoms with Crippen LogP contribution in [0.15, 0.2) is 53.7 Å². The SMILES string of the molecule is Nn1c(SCc2cccc([N+](=O)[O-])c2)nnc1-c1ccccc1Cl. The summed E-state index contributed by atoms with van der Waals surface area (Å²) in [6.07, 6.45) is 0. The molecule has 3 aromatic rings. The first-order valence-electron chi connectivity index (χ1n) is 6.88. The van der Waals surface area contributed by atoms with Crippen LogP contribution in [0, 0.1) is 10.1 Å². The van der Waals surface area contributed by atoms with Gasteiger partial charge in [-0.3, -0.25) is 10.1 Å². The van der Waals surface area contributed by atoms with Crippen molar-refractivity contribution in [2.24, 2.45) is 0 Å². The van der Waals surface area contributed by atoms with Crippen LogP contribution >= 0.6 is 23.4 Å². The number of nitrogens with two attached hydrogens (primary N) is 1. The van der Waals surface area contributed by atoms with Crippen LogP contribution < -0.4 is 5.84 Å². The van der Waals surface area contributed by atoms with Gasteiger partial charge in [0, 0.05) is 23.4 Å². The molecule has 0 fully saturated rings. The highest BCUT2D eigenvalue weighted by atomic mass is 35.5. The standard InChI is InChI=1S/C15H12ClN5O2S/c16-13-7-2-1-6-12(13)14-18-19-15(20(14)17)24-9-10-4-3-5-11(8-10)21(22)23/h1-8H,9,17H2. The molecule has 0 aliphatic heterocycles. The van der Waals surface area contributed by atoms with Crippen molar-refractivity contribution in [2.45, 2.75) is 10.9 Å². The molecular weight excluding hydrogens is 350 g/mol. The largest absolute Gasteiger partial charge is 0.335 e. The summed E-state index contributed by atoms with van der Waals surface area (Å²) >= 11 is 7.49. The van der Waals surface area contributed by atoms with Gasteiger partial charge in [-0.25, -0.2) is 4.68 Å². The number of nitro benzene ring substituents is 1. The van der Waals surface area contributed by atoms with Crippen molar-refractivity contribution in [1.82, 2.24) is 14.9 Å². The van der Waals surface area contributed by atoms with Gasteiger partial charge in [-0.15, -0.1) is 10.2 Å². The lowest BCUT2D eigenvalue weighted by Gasteiger charge is -2.05. The first-order valence-corrected chi connectivity index (χ1v) is 8.24. The number of non-ortho nitro benzene ring substituents is 1. The Hall–Kier alpha value is -2.58. The summed E-state index contributed by atoms with van der Waals surface area (Å²) in [7, 11) is 0. The number of benzene rings is 2. The number of nitrogen functional groups attached to an aromatic ring is 1. The molecule has 24 heavy (non-hydrogen) atoms. The van der Waals surface area contributed by atoms with Crippen molar-refractivity contribution in [3.8, 4) is 11.4 Å². The van der Waals surface area contributed by atoms with Gasteiger partial charge in [0.25, 0.3) is 5.69 Å². The third kappa shape index (κ3) is 3.34. The summed E-state index contributed by atoms with van der Waals surface area (Å²) < 4.78 is 1.36. The number of hydrogen-bond acceptors (Lipinski definition) is 6. The van der Waals surface area contributed by atoms with Crippen molar-refractivity contribution in [3.05, 3.63) is 69.2 Å². The van der Waals surface area contributed by atoms with Gasteiger partial charge in [0.05, 0.1) is 9.95 Å². The van der Waals surface area contributed by atoms with E-state index in [1.165, 1.54) is 28.6 Å². The van der Waals surface area contributed by atoms with Crippen LogP contribution in [0.5, 0.6) is 0 Å². The van der Waals surface area contributed by atoms with E-state index in [9.17, 15) is 10.1 Å². The van der Waals surface area contributed by atoms with E-state index in [2.05, 4.69) is 10.2 Å². The van der Waals surface area contributed by atoms with Gasteiger partial charge >= 0.3 is 0 Å². The molecule has 1 aromatic heterocycles. The zero-order valence-corrected chi connectivity index (χ0v) is 13.9. The predicted octanol–water partition coefficient (Wildman–Crippen LogP) is 3.51. The van der Waals surface area contributed by atoms with E-state index >= 15 is 0 Å². The van der Waals surface area contributed by atoms with E-state index < -0.39 is 4.92 Å². The minimum atomic E-state index is -0.422. The number of aromatic nitrogens is 3. The van der Waals surface area contributed by atoms with E-state index in [0.29, 0.717) is 27.3 Å². The molecule has 0 radical (unpaired) electrons. The molecule has 122 valence electrons. The zero-order chi connectivity index (χ0) is 17.1. The van der Waals surface area contributed by atoms with Crippen LogP contribution in [-0.2, 0) is 5.75 Å². The Bertz CT molecular complexity index is 899. The Kier molecular flexibility index (Phi) is 4.68. The second kappa shape index (κ2) is 6.90. The minimum absolute atomic E-state index is 0.0547. The van der Waals surface area contributed by atoms with Crippen LogP contribution in [0.4, 0.5) is 5.69 Å². The molecule has 0 aliphatic carbocycles. The molecule has 0 aliphatic rings. The average Bonchev–Trinajstić information content (AvgIpc) is 2.94. The molecule has 0 unspecified atom stereocenters. The van der Waals surface area contributed by atoms with Gasteiger partial charge in [-0.2, -0.15) is 0 Å². The molecule has 2 aromatic carbocycles. The van der Waals surface area contributed by atoms with Crippen molar-refractivity contribution in [1.29, 1.82) is 0 Å². The summed E-state index contributed by atoms with van der Waals surface area (Å²) in [6, 6.07) is 13.7. The minimum Gasteiger partial charge on any atom is -0.335 e. The highest BCUT2D eigenvalue weighted by molar-refractivity contribution is 7.98. The van der Waals surface area contributed by atoms with Crippen LogP contribution in [0.3, 0.4) is 0 Å². The van der Waals surface area contributed by atoms with E-state index in [0.717, 1.165) is 5.56 Å². The quantitative estimate of drug-likeness (QED) is 0.323. The lowest BCUT2D eigenvalue weighted by atomic mass is 10.2. The van der Waals surface area contributed by atoms with Crippen LogP contribution in [0.2, 0.25) is 5.02 Å². The molecule has 0 spiro atoms. The number of hydrogen-bond donors (Lipinski definition) is 1. The second-order valence-electron chi connectivity index (χ2n) is 4.87. The van der Waals surface area contributed by atoms with Crippen LogP contribution in [-0.4, -0.2) is 19.8 Å². The molecule has 0 bridgehead atoms. The third-order valence-electron chi connectivity index (χ3n) is 3.27. The molecule has 2 N–H and O–H groups in total. The maximum absolute atomic E-state index is 10.8. The lowest BCUT2D eigenvalue weighted by molar-refractivity contribution is -0.384. The lowest BCUT2D eigenvalue weighted by Crippen LogP contribution is -2.11. The highest BCUT2D eigenvalue weighted by Gasteiger charge is 2.15. The average molecular weight is 362 g/mol. The molecule has 0 amide bonds. The van der Waals surface area contributed by atoms with Crippen LogP contribution in [0.25, 0.3) is 11.4 Å². The molecule has 7 nitrogen and oxygen atoms in total. The monoisotopic (exact) mass is 361 g/mol. The van der Waals surface area contributed by atoms with Gasteiger partial charge < -0.3 is 5.84 Å². The number of nitro groups is 1. The Morgan fingerprint density at radius 3 is 2.75 bits per heavy atom. The van der Waals surface area contributed by atoms with E-state index in [1.54, 1.807) is 12.1 Å². The van der Waals surface area contributed by atoms with Crippen molar-refractivity contribution >= 4 is 29.1 Å². The molecule has 0 saturated heterocycles. The van der Waals surface area contributed by atoms with E-state index in [4.69, 9.17) is 17.4 Å². The number of halogens is 1. The number of nitrogens with zero attached hydrogens (tertiary/aromatic N) is 4. The Morgan fingerprint density at radius 2 is 2.00 bits per heavy atom. The normalized spacial score (nSPS) is 10.7. The van der Waals surface area contributed by atoms with Crippen LogP contribution in [0.1, 0.15) is 5.56 Å². The van der Waals surface area contributed by atoms with Gasteiger partial charge in [0.2, 0.25) is 5.16 Å². The molecular formula is C15H12ClN5O2S. The summed E-state index contributed by atoms with van der Waals surface area (Å²) in [5.74, 6) is 7.00.